The zero-order valence-corrected chi connectivity index (χ0v) is 14.9. The number of ether oxygens (including phenoxy) is 1. The Labute approximate surface area is 154 Å². The van der Waals surface area contributed by atoms with E-state index in [2.05, 4.69) is 10.6 Å². The molecule has 3 N–H and O–H groups in total. The van der Waals surface area contributed by atoms with Crippen molar-refractivity contribution in [3.8, 4) is 5.75 Å². The number of esters is 1. The second-order valence-electron chi connectivity index (χ2n) is 6.47. The van der Waals surface area contributed by atoms with E-state index in [-0.39, 0.29) is 47.0 Å². The molecule has 142 valence electrons. The topological polar surface area (TPSA) is 125 Å². The lowest BCUT2D eigenvalue weighted by Gasteiger charge is -2.18. The third kappa shape index (κ3) is 3.48. The molecule has 9 heteroatoms. The molecule has 27 heavy (non-hydrogen) atoms. The summed E-state index contributed by atoms with van der Waals surface area (Å²) in [5.74, 6) is -1.01. The SMILES string of the molecule is CN(C)C(=O)c1cccc(Nc2c(NC[C@H]3CCC(=O)O3)c(=O)c2=O)c1O. The quantitative estimate of drug-likeness (QED) is 0.381. The number of carbonyl (C=O) groups is 2. The van der Waals surface area contributed by atoms with Crippen LogP contribution in [-0.4, -0.2) is 48.6 Å². The van der Waals surface area contributed by atoms with E-state index in [4.69, 9.17) is 4.74 Å². The minimum Gasteiger partial charge on any atom is -0.505 e. The second-order valence-corrected chi connectivity index (χ2v) is 6.47. The first-order valence-electron chi connectivity index (χ1n) is 8.37. The predicted molar refractivity (Wildman–Crippen MR) is 98.4 cm³/mol. The molecule has 0 spiro atoms. The van der Waals surface area contributed by atoms with Crippen LogP contribution in [0.15, 0.2) is 27.8 Å². The molecule has 0 unspecified atom stereocenters. The van der Waals surface area contributed by atoms with Gasteiger partial charge in [-0.05, 0) is 18.6 Å². The lowest BCUT2D eigenvalue weighted by atomic mass is 10.1. The van der Waals surface area contributed by atoms with Crippen LogP contribution in [-0.2, 0) is 9.53 Å². The number of nitrogens with zero attached hydrogens (tertiary/aromatic N) is 1. The molecular formula is C18H19N3O6. The van der Waals surface area contributed by atoms with Crippen LogP contribution in [0.25, 0.3) is 0 Å². The van der Waals surface area contributed by atoms with Crippen molar-refractivity contribution in [3.05, 3.63) is 44.2 Å². The highest BCUT2D eigenvalue weighted by Crippen LogP contribution is 2.32. The number of aromatic hydroxyl groups is 1. The standard InChI is InChI=1S/C18H19N3O6/c1-21(2)18(26)10-4-3-5-11(15(10)23)20-14-13(16(24)17(14)25)19-8-9-6-7-12(22)27-9/h3-5,9,19-20,23H,6-8H2,1-2H3/t9-/m1/s1. The van der Waals surface area contributed by atoms with E-state index in [0.29, 0.717) is 12.8 Å². The third-order valence-corrected chi connectivity index (χ3v) is 4.32. The lowest BCUT2D eigenvalue weighted by molar-refractivity contribution is -0.140. The van der Waals surface area contributed by atoms with Crippen LogP contribution in [0.4, 0.5) is 17.1 Å². The van der Waals surface area contributed by atoms with E-state index in [9.17, 15) is 24.3 Å². The van der Waals surface area contributed by atoms with Gasteiger partial charge in [-0.1, -0.05) is 6.07 Å². The average molecular weight is 373 g/mol. The highest BCUT2D eigenvalue weighted by atomic mass is 16.5. The summed E-state index contributed by atoms with van der Waals surface area (Å²) in [4.78, 5) is 48.3. The van der Waals surface area contributed by atoms with Gasteiger partial charge in [0.15, 0.2) is 5.75 Å². The summed E-state index contributed by atoms with van der Waals surface area (Å²) in [6, 6.07) is 4.50. The number of benzene rings is 1. The fraction of sp³-hybridized carbons (Fsp3) is 0.333. The molecule has 0 saturated carbocycles. The predicted octanol–water partition coefficient (Wildman–Crippen LogP) is 0.551. The van der Waals surface area contributed by atoms with Crippen LogP contribution in [0.2, 0.25) is 0 Å². The van der Waals surface area contributed by atoms with E-state index < -0.39 is 16.8 Å². The number of cyclic esters (lactones) is 1. The first kappa shape index (κ1) is 18.4. The van der Waals surface area contributed by atoms with Crippen molar-refractivity contribution >= 4 is 28.9 Å². The van der Waals surface area contributed by atoms with Crippen LogP contribution in [0.1, 0.15) is 23.2 Å². The van der Waals surface area contributed by atoms with Crippen LogP contribution in [0.3, 0.4) is 0 Å². The molecular weight excluding hydrogens is 354 g/mol. The molecule has 1 saturated heterocycles. The Kier molecular flexibility index (Phi) is 4.85. The number of phenols is 1. The number of para-hydroxylation sites is 1. The molecule has 0 bridgehead atoms. The smallest absolute Gasteiger partial charge is 0.306 e. The second kappa shape index (κ2) is 7.10. The molecule has 0 radical (unpaired) electrons. The molecule has 9 nitrogen and oxygen atoms in total. The van der Waals surface area contributed by atoms with Gasteiger partial charge in [-0.3, -0.25) is 19.2 Å². The van der Waals surface area contributed by atoms with E-state index in [1.165, 1.54) is 17.0 Å². The Morgan fingerprint density at radius 2 is 1.93 bits per heavy atom. The number of phenolic OH excluding ortho intramolecular Hbond substituents is 1. The van der Waals surface area contributed by atoms with E-state index in [1.807, 2.05) is 0 Å². The minimum atomic E-state index is -0.732. The molecule has 1 aliphatic heterocycles. The maximum absolute atomic E-state index is 12.1. The van der Waals surface area contributed by atoms with Gasteiger partial charge in [0.2, 0.25) is 0 Å². The third-order valence-electron chi connectivity index (χ3n) is 4.32. The summed E-state index contributed by atoms with van der Waals surface area (Å²) in [6.07, 6.45) is 0.507. The van der Waals surface area contributed by atoms with E-state index >= 15 is 0 Å². The summed E-state index contributed by atoms with van der Waals surface area (Å²) in [5, 5.41) is 15.9. The molecule has 0 aromatic heterocycles. The molecule has 2 aromatic carbocycles. The van der Waals surface area contributed by atoms with Crippen molar-refractivity contribution in [2.75, 3.05) is 31.3 Å². The van der Waals surface area contributed by atoms with E-state index in [1.54, 1.807) is 20.2 Å². The monoisotopic (exact) mass is 373 g/mol. The number of amides is 1. The summed E-state index contributed by atoms with van der Waals surface area (Å²) in [7, 11) is 3.10. The van der Waals surface area contributed by atoms with Gasteiger partial charge < -0.3 is 25.4 Å². The van der Waals surface area contributed by atoms with Gasteiger partial charge in [0, 0.05) is 20.5 Å². The van der Waals surface area contributed by atoms with Crippen LogP contribution in [0.5, 0.6) is 5.75 Å². The number of rotatable bonds is 6. The summed E-state index contributed by atoms with van der Waals surface area (Å²) >= 11 is 0. The van der Waals surface area contributed by atoms with Crippen molar-refractivity contribution in [1.29, 1.82) is 0 Å². The number of hydrogen-bond donors (Lipinski definition) is 3. The van der Waals surface area contributed by atoms with Gasteiger partial charge in [0.05, 0.1) is 17.8 Å². The molecule has 0 aliphatic carbocycles. The maximum atomic E-state index is 12.1. The number of nitrogens with one attached hydrogen (secondary N) is 2. The summed E-state index contributed by atoms with van der Waals surface area (Å²) in [5.41, 5.74) is -1.17. The average Bonchev–Trinajstić information content (AvgIpc) is 3.06. The van der Waals surface area contributed by atoms with Crippen molar-refractivity contribution in [2.24, 2.45) is 0 Å². The molecule has 1 aliphatic rings. The maximum Gasteiger partial charge on any atom is 0.306 e. The molecule has 1 fully saturated rings. The van der Waals surface area contributed by atoms with Gasteiger partial charge in [-0.2, -0.15) is 0 Å². The highest BCUT2D eigenvalue weighted by Gasteiger charge is 2.27. The Balaban J connectivity index is 1.79. The van der Waals surface area contributed by atoms with Crippen LogP contribution < -0.4 is 21.5 Å². The molecule has 2 aromatic rings. The van der Waals surface area contributed by atoms with Crippen molar-refractivity contribution in [1.82, 2.24) is 4.90 Å². The molecule has 1 amide bonds. The van der Waals surface area contributed by atoms with Gasteiger partial charge >= 0.3 is 5.97 Å². The Morgan fingerprint density at radius 3 is 2.56 bits per heavy atom. The highest BCUT2D eigenvalue weighted by molar-refractivity contribution is 5.99. The Morgan fingerprint density at radius 1 is 1.22 bits per heavy atom. The zero-order chi connectivity index (χ0) is 19.7. The normalized spacial score (nSPS) is 16.2. The molecule has 1 heterocycles. The Hall–Kier alpha value is -3.36. The fourth-order valence-corrected chi connectivity index (χ4v) is 2.81. The van der Waals surface area contributed by atoms with Gasteiger partial charge in [-0.15, -0.1) is 0 Å². The van der Waals surface area contributed by atoms with Gasteiger partial charge in [0.1, 0.15) is 17.5 Å². The summed E-state index contributed by atoms with van der Waals surface area (Å²) in [6.45, 7) is 0.205. The van der Waals surface area contributed by atoms with Crippen molar-refractivity contribution in [3.63, 3.8) is 0 Å². The van der Waals surface area contributed by atoms with E-state index in [0.717, 1.165) is 0 Å². The Bertz CT molecular complexity index is 974. The largest absolute Gasteiger partial charge is 0.505 e. The minimum absolute atomic E-state index is 0.00549. The van der Waals surface area contributed by atoms with Crippen molar-refractivity contribution < 1.29 is 19.4 Å². The number of hydrogen-bond acceptors (Lipinski definition) is 8. The lowest BCUT2D eigenvalue weighted by Crippen LogP contribution is -2.38. The first-order chi connectivity index (χ1) is 12.8. The zero-order valence-electron chi connectivity index (χ0n) is 14.9. The summed E-state index contributed by atoms with van der Waals surface area (Å²) < 4.78 is 5.06. The fourth-order valence-electron chi connectivity index (χ4n) is 2.81. The number of carbonyl (C=O) groups excluding carboxylic acids is 2. The van der Waals surface area contributed by atoms with Crippen LogP contribution >= 0.6 is 0 Å². The van der Waals surface area contributed by atoms with Gasteiger partial charge in [-0.25, -0.2) is 0 Å². The van der Waals surface area contributed by atoms with Crippen LogP contribution in [0, 0.1) is 0 Å². The first-order valence-corrected chi connectivity index (χ1v) is 8.37. The van der Waals surface area contributed by atoms with Gasteiger partial charge in [0.25, 0.3) is 16.8 Å². The molecule has 3 rings (SSSR count). The number of anilines is 3. The molecule has 1 atom stereocenters. The van der Waals surface area contributed by atoms with Crippen molar-refractivity contribution in [2.45, 2.75) is 18.9 Å².